The first-order valence-corrected chi connectivity index (χ1v) is 6.14. The fourth-order valence-electron chi connectivity index (χ4n) is 0.922. The summed E-state index contributed by atoms with van der Waals surface area (Å²) >= 11 is 0. The SMILES string of the molecule is CC[Si](=O)CCCCCOC. The van der Waals surface area contributed by atoms with Gasteiger partial charge in [-0.25, -0.2) is 0 Å². The molecule has 0 saturated carbocycles. The Morgan fingerprint density at radius 2 is 2.00 bits per heavy atom. The molecule has 0 bridgehead atoms. The molecule has 66 valence electrons. The third-order valence-electron chi connectivity index (χ3n) is 1.70. The Balaban J connectivity index is 2.95. The molecule has 0 saturated heterocycles. The van der Waals surface area contributed by atoms with Crippen LogP contribution < -0.4 is 0 Å². The van der Waals surface area contributed by atoms with Gasteiger partial charge in [-0.1, -0.05) is 13.3 Å². The van der Waals surface area contributed by atoms with Crippen LogP contribution in [-0.4, -0.2) is 22.4 Å². The highest BCUT2D eigenvalue weighted by molar-refractivity contribution is 6.42. The van der Waals surface area contributed by atoms with Crippen LogP contribution in [-0.2, 0) is 9.20 Å². The zero-order valence-corrected chi connectivity index (χ0v) is 8.56. The van der Waals surface area contributed by atoms with Crippen molar-refractivity contribution < 1.29 is 9.20 Å². The highest BCUT2D eigenvalue weighted by Crippen LogP contribution is 2.02. The maximum atomic E-state index is 11.0. The molecule has 0 aliphatic rings. The second kappa shape index (κ2) is 8.08. The average molecular weight is 174 g/mol. The molecule has 0 aliphatic carbocycles. The molecule has 0 spiro atoms. The van der Waals surface area contributed by atoms with Crippen LogP contribution in [0.4, 0.5) is 0 Å². The Hall–Kier alpha value is -0.0231. The molecule has 11 heavy (non-hydrogen) atoms. The molecule has 0 amide bonds. The summed E-state index contributed by atoms with van der Waals surface area (Å²) < 4.78 is 15.9. The lowest BCUT2D eigenvalue weighted by Crippen LogP contribution is -1.96. The maximum absolute atomic E-state index is 11.0. The van der Waals surface area contributed by atoms with E-state index in [1.165, 1.54) is 0 Å². The zero-order chi connectivity index (χ0) is 8.53. The van der Waals surface area contributed by atoms with Crippen molar-refractivity contribution in [2.75, 3.05) is 13.7 Å². The van der Waals surface area contributed by atoms with Gasteiger partial charge in [0, 0.05) is 13.7 Å². The van der Waals surface area contributed by atoms with Crippen LogP contribution in [0.1, 0.15) is 26.2 Å². The van der Waals surface area contributed by atoms with Crippen molar-refractivity contribution in [3.8, 4) is 0 Å². The lowest BCUT2D eigenvalue weighted by atomic mass is 10.3. The van der Waals surface area contributed by atoms with Crippen LogP contribution in [0, 0.1) is 0 Å². The largest absolute Gasteiger partial charge is 0.388 e. The summed E-state index contributed by atoms with van der Waals surface area (Å²) in [5.41, 5.74) is 0. The molecule has 0 aromatic rings. The predicted molar refractivity (Wildman–Crippen MR) is 47.5 cm³/mol. The number of unbranched alkanes of at least 4 members (excludes halogenated alkanes) is 2. The summed E-state index contributed by atoms with van der Waals surface area (Å²) in [7, 11) is 0.510. The zero-order valence-electron chi connectivity index (χ0n) is 7.56. The Bertz CT molecular complexity index is 104. The second-order valence-electron chi connectivity index (χ2n) is 2.70. The molecule has 0 heterocycles. The van der Waals surface area contributed by atoms with Gasteiger partial charge in [-0.2, -0.15) is 0 Å². The van der Waals surface area contributed by atoms with Gasteiger partial charge in [0.2, 0.25) is 0 Å². The van der Waals surface area contributed by atoms with E-state index in [4.69, 9.17) is 4.74 Å². The Morgan fingerprint density at radius 3 is 2.55 bits per heavy atom. The van der Waals surface area contributed by atoms with Crippen LogP contribution in [0.15, 0.2) is 0 Å². The molecule has 0 N–H and O–H groups in total. The van der Waals surface area contributed by atoms with E-state index in [-0.39, 0.29) is 0 Å². The van der Waals surface area contributed by atoms with E-state index >= 15 is 0 Å². The quantitative estimate of drug-likeness (QED) is 0.437. The first-order valence-electron chi connectivity index (χ1n) is 4.32. The van der Waals surface area contributed by atoms with Gasteiger partial charge >= 0.3 is 0 Å². The number of ether oxygens (including phenoxy) is 1. The second-order valence-corrected chi connectivity index (χ2v) is 4.98. The van der Waals surface area contributed by atoms with E-state index < -0.39 is 8.68 Å². The fourth-order valence-corrected chi connectivity index (χ4v) is 1.92. The molecule has 3 heteroatoms. The van der Waals surface area contributed by atoms with Gasteiger partial charge in [0.05, 0.1) is 0 Å². The van der Waals surface area contributed by atoms with Crippen molar-refractivity contribution in [2.45, 2.75) is 38.3 Å². The fraction of sp³-hybridized carbons (Fsp3) is 1.00. The summed E-state index contributed by atoms with van der Waals surface area (Å²) in [6, 6.07) is 1.81. The molecule has 0 rings (SSSR count). The summed E-state index contributed by atoms with van der Waals surface area (Å²) in [6.45, 7) is 2.84. The molecule has 0 unspecified atom stereocenters. The minimum Gasteiger partial charge on any atom is -0.388 e. The highest BCUT2D eigenvalue weighted by Gasteiger charge is 1.99. The van der Waals surface area contributed by atoms with Gasteiger partial charge in [0.25, 0.3) is 8.68 Å². The molecule has 0 radical (unpaired) electrons. The normalized spacial score (nSPS) is 10.0. The van der Waals surface area contributed by atoms with Crippen LogP contribution in [0.5, 0.6) is 0 Å². The lowest BCUT2D eigenvalue weighted by molar-refractivity contribution is 0.192. The standard InChI is InChI=1S/C8H18O2Si/c1-3-11(9)8-6-4-5-7-10-2/h3-8H2,1-2H3. The lowest BCUT2D eigenvalue weighted by Gasteiger charge is -1.97. The molecular formula is C8H18O2Si. The minimum absolute atomic E-state index is 0.840. The number of rotatable bonds is 7. The molecule has 0 fully saturated rings. The Kier molecular flexibility index (Phi) is 8.06. The van der Waals surface area contributed by atoms with Gasteiger partial charge in [0.15, 0.2) is 0 Å². The van der Waals surface area contributed by atoms with Gasteiger partial charge in [0.1, 0.15) is 0 Å². The molecule has 0 aliphatic heterocycles. The van der Waals surface area contributed by atoms with Gasteiger partial charge in [-0.15, -0.1) is 0 Å². The Morgan fingerprint density at radius 1 is 1.27 bits per heavy atom. The van der Waals surface area contributed by atoms with Crippen molar-refractivity contribution in [3.63, 3.8) is 0 Å². The van der Waals surface area contributed by atoms with E-state index in [1.807, 2.05) is 6.92 Å². The van der Waals surface area contributed by atoms with Crippen molar-refractivity contribution in [3.05, 3.63) is 0 Å². The number of hydrogen-bond acceptors (Lipinski definition) is 2. The summed E-state index contributed by atoms with van der Waals surface area (Å²) in [6.07, 6.45) is 3.37. The van der Waals surface area contributed by atoms with E-state index in [2.05, 4.69) is 0 Å². The highest BCUT2D eigenvalue weighted by atomic mass is 28.3. The van der Waals surface area contributed by atoms with Crippen LogP contribution in [0.2, 0.25) is 12.1 Å². The topological polar surface area (TPSA) is 26.3 Å². The van der Waals surface area contributed by atoms with Crippen molar-refractivity contribution in [2.24, 2.45) is 0 Å². The molecule has 0 atom stereocenters. The Labute approximate surface area is 70.6 Å². The van der Waals surface area contributed by atoms with Crippen LogP contribution in [0.3, 0.4) is 0 Å². The van der Waals surface area contributed by atoms with Crippen LogP contribution >= 0.6 is 0 Å². The van der Waals surface area contributed by atoms with E-state index in [1.54, 1.807) is 7.11 Å². The predicted octanol–water partition coefficient (Wildman–Crippen LogP) is 2.25. The first kappa shape index (κ1) is 11.0. The van der Waals surface area contributed by atoms with Crippen molar-refractivity contribution in [1.82, 2.24) is 0 Å². The smallest absolute Gasteiger partial charge is 0.276 e. The summed E-state index contributed by atoms with van der Waals surface area (Å²) in [4.78, 5) is 0. The van der Waals surface area contributed by atoms with E-state index in [0.717, 1.165) is 38.0 Å². The minimum atomic E-state index is -1.21. The third-order valence-corrected chi connectivity index (χ3v) is 3.40. The monoisotopic (exact) mass is 174 g/mol. The molecule has 0 aromatic carbocycles. The van der Waals surface area contributed by atoms with Gasteiger partial charge in [-0.3, -0.25) is 0 Å². The molecule has 0 aromatic heterocycles. The summed E-state index contributed by atoms with van der Waals surface area (Å²) in [5, 5.41) is 0. The van der Waals surface area contributed by atoms with E-state index in [9.17, 15) is 4.46 Å². The third kappa shape index (κ3) is 7.88. The van der Waals surface area contributed by atoms with Crippen molar-refractivity contribution in [1.29, 1.82) is 0 Å². The summed E-state index contributed by atoms with van der Waals surface area (Å²) in [5.74, 6) is 0. The van der Waals surface area contributed by atoms with Gasteiger partial charge in [-0.05, 0) is 24.9 Å². The first-order chi connectivity index (χ1) is 5.31. The maximum Gasteiger partial charge on any atom is 0.276 e. The van der Waals surface area contributed by atoms with Gasteiger partial charge < -0.3 is 9.20 Å². The van der Waals surface area contributed by atoms with Crippen molar-refractivity contribution >= 4 is 8.68 Å². The average Bonchev–Trinajstić information content (AvgIpc) is 2.04. The van der Waals surface area contributed by atoms with E-state index in [0.29, 0.717) is 0 Å². The molecular weight excluding hydrogens is 156 g/mol. The molecule has 2 nitrogen and oxygen atoms in total. The number of hydrogen-bond donors (Lipinski definition) is 0. The van der Waals surface area contributed by atoms with Crippen LogP contribution in [0.25, 0.3) is 0 Å². The number of methoxy groups -OCH3 is 1.